The molecule has 0 radical (unpaired) electrons. The summed E-state index contributed by atoms with van der Waals surface area (Å²) >= 11 is 1.18. The van der Waals surface area contributed by atoms with Crippen LogP contribution in [0, 0.1) is 0 Å². The first kappa shape index (κ1) is 12.4. The lowest BCUT2D eigenvalue weighted by molar-refractivity contribution is 0.0691. The predicted octanol–water partition coefficient (Wildman–Crippen LogP) is 1.48. The SMILES string of the molecule is CC(C)OC(=O)NCc1nc(C(=O)O)cs1. The molecule has 0 saturated carbocycles. The Bertz CT molecular complexity index is 389. The molecule has 1 heterocycles. The maximum absolute atomic E-state index is 11.1. The van der Waals surface area contributed by atoms with E-state index in [0.29, 0.717) is 5.01 Å². The molecular formula is C9H12N2O4S. The maximum Gasteiger partial charge on any atom is 0.407 e. The second-order valence-electron chi connectivity index (χ2n) is 3.24. The Balaban J connectivity index is 2.42. The number of carbonyl (C=O) groups is 2. The molecule has 1 aromatic heterocycles. The van der Waals surface area contributed by atoms with E-state index < -0.39 is 12.1 Å². The van der Waals surface area contributed by atoms with Crippen LogP contribution in [-0.2, 0) is 11.3 Å². The van der Waals surface area contributed by atoms with Crippen LogP contribution in [0.15, 0.2) is 5.38 Å². The highest BCUT2D eigenvalue weighted by molar-refractivity contribution is 7.09. The average molecular weight is 244 g/mol. The van der Waals surface area contributed by atoms with E-state index in [2.05, 4.69) is 10.3 Å². The number of thiazole rings is 1. The van der Waals surface area contributed by atoms with E-state index in [1.807, 2.05) is 0 Å². The zero-order valence-corrected chi connectivity index (χ0v) is 9.71. The van der Waals surface area contributed by atoms with Crippen LogP contribution in [0.3, 0.4) is 0 Å². The first-order valence-electron chi connectivity index (χ1n) is 4.61. The number of hydrogen-bond donors (Lipinski definition) is 2. The third-order valence-corrected chi connectivity index (χ3v) is 2.35. The molecule has 0 aliphatic carbocycles. The van der Waals surface area contributed by atoms with Crippen LogP contribution in [0.1, 0.15) is 29.3 Å². The third-order valence-electron chi connectivity index (χ3n) is 1.50. The van der Waals surface area contributed by atoms with E-state index >= 15 is 0 Å². The number of ether oxygens (including phenoxy) is 1. The van der Waals surface area contributed by atoms with Crippen molar-refractivity contribution in [3.05, 3.63) is 16.1 Å². The van der Waals surface area contributed by atoms with Gasteiger partial charge in [-0.3, -0.25) is 0 Å². The number of alkyl carbamates (subject to hydrolysis) is 1. The van der Waals surface area contributed by atoms with Gasteiger partial charge in [-0.2, -0.15) is 0 Å². The minimum absolute atomic E-state index is 0.0148. The molecule has 0 spiro atoms. The molecule has 0 aliphatic rings. The molecule has 1 rings (SSSR count). The molecule has 2 N–H and O–H groups in total. The quantitative estimate of drug-likeness (QED) is 0.837. The topological polar surface area (TPSA) is 88.5 Å². The molecule has 0 aliphatic heterocycles. The van der Waals surface area contributed by atoms with Gasteiger partial charge in [0.05, 0.1) is 12.6 Å². The summed E-state index contributed by atoms with van der Waals surface area (Å²) in [5.74, 6) is -1.08. The van der Waals surface area contributed by atoms with Crippen molar-refractivity contribution in [2.75, 3.05) is 0 Å². The summed E-state index contributed by atoms with van der Waals surface area (Å²) in [6.45, 7) is 3.65. The zero-order chi connectivity index (χ0) is 12.1. The molecule has 0 aromatic carbocycles. The van der Waals surface area contributed by atoms with Crippen LogP contribution >= 0.6 is 11.3 Å². The number of aromatic carboxylic acids is 1. The van der Waals surface area contributed by atoms with Gasteiger partial charge in [-0.05, 0) is 13.8 Å². The molecule has 7 heteroatoms. The minimum Gasteiger partial charge on any atom is -0.476 e. The van der Waals surface area contributed by atoms with E-state index in [1.165, 1.54) is 16.7 Å². The lowest BCUT2D eigenvalue weighted by atomic mass is 10.5. The van der Waals surface area contributed by atoms with Crippen molar-refractivity contribution in [1.82, 2.24) is 10.3 Å². The van der Waals surface area contributed by atoms with E-state index in [-0.39, 0.29) is 18.3 Å². The molecule has 1 aromatic rings. The number of carboxylic acid groups (broad SMARTS) is 1. The Hall–Kier alpha value is -1.63. The zero-order valence-electron chi connectivity index (χ0n) is 8.89. The number of rotatable bonds is 4. The largest absolute Gasteiger partial charge is 0.476 e. The van der Waals surface area contributed by atoms with Crippen molar-refractivity contribution in [2.45, 2.75) is 26.5 Å². The van der Waals surface area contributed by atoms with E-state index in [4.69, 9.17) is 9.84 Å². The Morgan fingerprint density at radius 2 is 2.31 bits per heavy atom. The van der Waals surface area contributed by atoms with Crippen molar-refractivity contribution in [3.8, 4) is 0 Å². The summed E-state index contributed by atoms with van der Waals surface area (Å²) in [5, 5.41) is 13.1. The molecular weight excluding hydrogens is 232 g/mol. The molecule has 1 amide bonds. The Kier molecular flexibility index (Phi) is 4.24. The van der Waals surface area contributed by atoms with Gasteiger partial charge in [0.1, 0.15) is 5.01 Å². The summed E-state index contributed by atoms with van der Waals surface area (Å²) in [6, 6.07) is 0. The second kappa shape index (κ2) is 5.45. The first-order chi connectivity index (χ1) is 7.49. The average Bonchev–Trinajstić information content (AvgIpc) is 2.61. The number of nitrogens with zero attached hydrogens (tertiary/aromatic N) is 1. The van der Waals surface area contributed by atoms with Gasteiger partial charge >= 0.3 is 12.1 Å². The van der Waals surface area contributed by atoms with Crippen molar-refractivity contribution >= 4 is 23.4 Å². The minimum atomic E-state index is -1.08. The van der Waals surface area contributed by atoms with Gasteiger partial charge in [-0.25, -0.2) is 14.6 Å². The molecule has 88 valence electrons. The lowest BCUT2D eigenvalue weighted by Crippen LogP contribution is -2.26. The van der Waals surface area contributed by atoms with E-state index in [0.717, 1.165) is 0 Å². The summed E-state index contributed by atoms with van der Waals surface area (Å²) in [7, 11) is 0. The molecule has 0 fully saturated rings. The highest BCUT2D eigenvalue weighted by Gasteiger charge is 2.10. The van der Waals surface area contributed by atoms with Gasteiger partial charge in [0, 0.05) is 5.38 Å². The summed E-state index contributed by atoms with van der Waals surface area (Å²) in [6.07, 6.45) is -0.729. The fourth-order valence-electron chi connectivity index (χ4n) is 0.894. The smallest absolute Gasteiger partial charge is 0.407 e. The van der Waals surface area contributed by atoms with E-state index in [1.54, 1.807) is 13.8 Å². The van der Waals surface area contributed by atoms with Crippen LogP contribution in [0.5, 0.6) is 0 Å². The van der Waals surface area contributed by atoms with Crippen molar-refractivity contribution < 1.29 is 19.4 Å². The number of aromatic nitrogens is 1. The summed E-state index contributed by atoms with van der Waals surface area (Å²) in [5.41, 5.74) is -0.0148. The Morgan fingerprint density at radius 3 is 2.81 bits per heavy atom. The molecule has 0 bridgehead atoms. The van der Waals surface area contributed by atoms with E-state index in [9.17, 15) is 9.59 Å². The molecule has 6 nitrogen and oxygen atoms in total. The molecule has 0 saturated heterocycles. The third kappa shape index (κ3) is 3.85. The lowest BCUT2D eigenvalue weighted by Gasteiger charge is -2.07. The number of nitrogens with one attached hydrogen (secondary N) is 1. The van der Waals surface area contributed by atoms with Crippen molar-refractivity contribution in [1.29, 1.82) is 0 Å². The number of amides is 1. The number of carboxylic acids is 1. The number of carbonyl (C=O) groups excluding carboxylic acids is 1. The second-order valence-corrected chi connectivity index (χ2v) is 4.18. The first-order valence-corrected chi connectivity index (χ1v) is 5.49. The molecule has 0 atom stereocenters. The van der Waals surface area contributed by atoms with Gasteiger partial charge in [0.15, 0.2) is 5.69 Å². The summed E-state index contributed by atoms with van der Waals surface area (Å²) < 4.78 is 4.84. The Labute approximate surface area is 96.3 Å². The highest BCUT2D eigenvalue weighted by Crippen LogP contribution is 2.09. The van der Waals surface area contributed by atoms with Crippen LogP contribution in [0.25, 0.3) is 0 Å². The maximum atomic E-state index is 11.1. The van der Waals surface area contributed by atoms with Crippen molar-refractivity contribution in [3.63, 3.8) is 0 Å². The Morgan fingerprint density at radius 1 is 1.62 bits per heavy atom. The highest BCUT2D eigenvalue weighted by atomic mass is 32.1. The van der Waals surface area contributed by atoms with Crippen LogP contribution < -0.4 is 5.32 Å². The monoisotopic (exact) mass is 244 g/mol. The van der Waals surface area contributed by atoms with Gasteiger partial charge < -0.3 is 15.2 Å². The van der Waals surface area contributed by atoms with Gasteiger partial charge in [-0.15, -0.1) is 11.3 Å². The normalized spacial score (nSPS) is 10.2. The fraction of sp³-hybridized carbons (Fsp3) is 0.444. The van der Waals surface area contributed by atoms with Gasteiger partial charge in [-0.1, -0.05) is 0 Å². The standard InChI is InChI=1S/C9H12N2O4S/c1-5(2)15-9(14)10-3-7-11-6(4-16-7)8(12)13/h4-5H,3H2,1-2H3,(H,10,14)(H,12,13). The van der Waals surface area contributed by atoms with Gasteiger partial charge in [0.2, 0.25) is 0 Å². The predicted molar refractivity (Wildman–Crippen MR) is 57.5 cm³/mol. The van der Waals surface area contributed by atoms with Crippen molar-refractivity contribution in [2.24, 2.45) is 0 Å². The summed E-state index contributed by atoms with van der Waals surface area (Å²) in [4.78, 5) is 25.4. The van der Waals surface area contributed by atoms with Crippen LogP contribution in [-0.4, -0.2) is 28.3 Å². The van der Waals surface area contributed by atoms with Crippen LogP contribution in [0.2, 0.25) is 0 Å². The molecule has 0 unspecified atom stereocenters. The van der Waals surface area contributed by atoms with Gasteiger partial charge in [0.25, 0.3) is 0 Å². The molecule has 16 heavy (non-hydrogen) atoms. The van der Waals surface area contributed by atoms with Crippen LogP contribution in [0.4, 0.5) is 4.79 Å². The fourth-order valence-corrected chi connectivity index (χ4v) is 1.60. The number of hydrogen-bond acceptors (Lipinski definition) is 5.